The molecule has 0 bridgehead atoms. The highest BCUT2D eigenvalue weighted by atomic mass is 16.2. The van der Waals surface area contributed by atoms with Gasteiger partial charge in [0.2, 0.25) is 5.91 Å². The number of nitrogens with one attached hydrogen (secondary N) is 2. The van der Waals surface area contributed by atoms with Crippen LogP contribution in [0.3, 0.4) is 0 Å². The van der Waals surface area contributed by atoms with Crippen LogP contribution in [0.5, 0.6) is 0 Å². The SMILES string of the molecule is Cc1ccccc1-c1cc2cc(NC(=O)[C@H]3C[C@@]34CCNC4)ncc2c(N)n1. The summed E-state index contributed by atoms with van der Waals surface area (Å²) in [6.45, 7) is 4.00. The molecule has 2 fully saturated rings. The van der Waals surface area contributed by atoms with Gasteiger partial charge in [-0.2, -0.15) is 0 Å². The topological polar surface area (TPSA) is 92.9 Å². The third-order valence-corrected chi connectivity index (χ3v) is 6.20. The molecule has 1 aromatic carbocycles. The second kappa shape index (κ2) is 6.27. The van der Waals surface area contributed by atoms with Gasteiger partial charge in [-0.1, -0.05) is 24.3 Å². The number of aryl methyl sites for hydroxylation is 1. The van der Waals surface area contributed by atoms with E-state index in [2.05, 4.69) is 33.6 Å². The fraction of sp³-hybridized carbons (Fsp3) is 0.318. The molecule has 1 aliphatic carbocycles. The number of fused-ring (bicyclic) bond motifs is 1. The molecule has 2 aliphatic rings. The van der Waals surface area contributed by atoms with Crippen molar-refractivity contribution in [3.63, 3.8) is 0 Å². The average Bonchev–Trinajstić information content (AvgIpc) is 3.18. The van der Waals surface area contributed by atoms with Crippen molar-refractivity contribution in [2.75, 3.05) is 24.1 Å². The molecule has 1 saturated heterocycles. The zero-order valence-corrected chi connectivity index (χ0v) is 15.8. The number of nitrogens with two attached hydrogens (primary N) is 1. The minimum Gasteiger partial charge on any atom is -0.383 e. The van der Waals surface area contributed by atoms with E-state index in [1.807, 2.05) is 30.3 Å². The van der Waals surface area contributed by atoms with Gasteiger partial charge in [-0.3, -0.25) is 4.79 Å². The van der Waals surface area contributed by atoms with Gasteiger partial charge in [0, 0.05) is 29.6 Å². The van der Waals surface area contributed by atoms with Gasteiger partial charge in [0.15, 0.2) is 0 Å². The fourth-order valence-electron chi connectivity index (χ4n) is 4.41. The number of benzene rings is 1. The summed E-state index contributed by atoms with van der Waals surface area (Å²) in [5.74, 6) is 1.16. The van der Waals surface area contributed by atoms with Crippen molar-refractivity contribution >= 4 is 28.3 Å². The highest BCUT2D eigenvalue weighted by Crippen LogP contribution is 2.56. The Kier molecular flexibility index (Phi) is 3.84. The molecule has 0 radical (unpaired) electrons. The van der Waals surface area contributed by atoms with Crippen LogP contribution in [0.25, 0.3) is 22.0 Å². The largest absolute Gasteiger partial charge is 0.383 e. The number of aromatic nitrogens is 2. The smallest absolute Gasteiger partial charge is 0.229 e. The summed E-state index contributed by atoms with van der Waals surface area (Å²) in [4.78, 5) is 21.6. The minimum absolute atomic E-state index is 0.0664. The molecule has 6 heteroatoms. The number of carbonyl (C=O) groups is 1. The van der Waals surface area contributed by atoms with Crippen LogP contribution < -0.4 is 16.4 Å². The van der Waals surface area contributed by atoms with Crippen molar-refractivity contribution in [3.8, 4) is 11.3 Å². The van der Waals surface area contributed by atoms with Crippen molar-refractivity contribution < 1.29 is 4.79 Å². The number of hydrogen-bond donors (Lipinski definition) is 3. The van der Waals surface area contributed by atoms with Crippen molar-refractivity contribution in [2.24, 2.45) is 11.3 Å². The lowest BCUT2D eigenvalue weighted by atomic mass is 10.0. The Labute approximate surface area is 163 Å². The lowest BCUT2D eigenvalue weighted by Crippen LogP contribution is -2.20. The average molecular weight is 373 g/mol. The van der Waals surface area contributed by atoms with E-state index in [-0.39, 0.29) is 17.2 Å². The van der Waals surface area contributed by atoms with Crippen LogP contribution in [0.15, 0.2) is 42.6 Å². The molecule has 1 spiro atoms. The molecule has 4 N–H and O–H groups in total. The second-order valence-corrected chi connectivity index (χ2v) is 8.03. The highest BCUT2D eigenvalue weighted by Gasteiger charge is 2.58. The predicted octanol–water partition coefficient (Wildman–Crippen LogP) is 3.13. The molecule has 28 heavy (non-hydrogen) atoms. The Morgan fingerprint density at radius 3 is 2.96 bits per heavy atom. The normalized spacial score (nSPS) is 23.2. The van der Waals surface area contributed by atoms with E-state index < -0.39 is 0 Å². The first-order valence-electron chi connectivity index (χ1n) is 9.70. The molecule has 6 nitrogen and oxygen atoms in total. The van der Waals surface area contributed by atoms with Gasteiger partial charge in [0.25, 0.3) is 0 Å². The maximum Gasteiger partial charge on any atom is 0.229 e. The fourth-order valence-corrected chi connectivity index (χ4v) is 4.41. The Bertz CT molecular complexity index is 1090. The third-order valence-electron chi connectivity index (χ3n) is 6.20. The zero-order valence-electron chi connectivity index (χ0n) is 15.8. The second-order valence-electron chi connectivity index (χ2n) is 8.03. The third kappa shape index (κ3) is 2.81. The molecule has 3 heterocycles. The standard InChI is InChI=1S/C22H23N5O/c1-13-4-2-3-5-15(13)18-8-14-9-19(25-11-16(14)20(23)26-18)27-21(28)17-10-22(17)6-7-24-12-22/h2-5,8-9,11,17,24H,6-7,10,12H2,1H3,(H2,23,26)(H,25,27,28)/t17-,22-/m1/s1. The molecular weight excluding hydrogens is 350 g/mol. The van der Waals surface area contributed by atoms with Crippen LogP contribution in [0.4, 0.5) is 11.6 Å². The molecule has 142 valence electrons. The number of carbonyl (C=O) groups excluding carboxylic acids is 1. The lowest BCUT2D eigenvalue weighted by molar-refractivity contribution is -0.118. The Hall–Kier alpha value is -2.99. The van der Waals surface area contributed by atoms with Gasteiger partial charge >= 0.3 is 0 Å². The van der Waals surface area contributed by atoms with Crippen LogP contribution in [-0.2, 0) is 4.79 Å². The summed E-state index contributed by atoms with van der Waals surface area (Å²) in [5.41, 5.74) is 9.37. The summed E-state index contributed by atoms with van der Waals surface area (Å²) in [7, 11) is 0. The Morgan fingerprint density at radius 1 is 1.32 bits per heavy atom. The molecule has 1 saturated carbocycles. The molecule has 3 aromatic rings. The van der Waals surface area contributed by atoms with E-state index in [1.165, 1.54) is 0 Å². The first kappa shape index (κ1) is 17.1. The van der Waals surface area contributed by atoms with E-state index in [0.29, 0.717) is 11.6 Å². The monoisotopic (exact) mass is 373 g/mol. The van der Waals surface area contributed by atoms with Gasteiger partial charge in [-0.05, 0) is 54.8 Å². The van der Waals surface area contributed by atoms with Crippen molar-refractivity contribution in [1.29, 1.82) is 0 Å². The summed E-state index contributed by atoms with van der Waals surface area (Å²) < 4.78 is 0. The van der Waals surface area contributed by atoms with E-state index in [4.69, 9.17) is 5.73 Å². The van der Waals surface area contributed by atoms with Crippen molar-refractivity contribution in [3.05, 3.63) is 48.2 Å². The maximum atomic E-state index is 12.7. The van der Waals surface area contributed by atoms with Crippen LogP contribution in [0.1, 0.15) is 18.4 Å². The zero-order chi connectivity index (χ0) is 19.3. The number of nitrogens with zero attached hydrogens (tertiary/aromatic N) is 2. The number of hydrogen-bond acceptors (Lipinski definition) is 5. The summed E-state index contributed by atoms with van der Waals surface area (Å²) in [6, 6.07) is 12.0. The van der Waals surface area contributed by atoms with E-state index >= 15 is 0 Å². The van der Waals surface area contributed by atoms with Gasteiger partial charge in [0.05, 0.1) is 5.69 Å². The lowest BCUT2D eigenvalue weighted by Gasteiger charge is -2.11. The van der Waals surface area contributed by atoms with Gasteiger partial charge in [0.1, 0.15) is 11.6 Å². The van der Waals surface area contributed by atoms with Gasteiger partial charge < -0.3 is 16.4 Å². The first-order valence-corrected chi connectivity index (χ1v) is 9.70. The highest BCUT2D eigenvalue weighted by molar-refractivity contribution is 5.98. The first-order chi connectivity index (χ1) is 13.6. The van der Waals surface area contributed by atoms with Crippen molar-refractivity contribution in [1.82, 2.24) is 15.3 Å². The Balaban J connectivity index is 1.45. The van der Waals surface area contributed by atoms with Gasteiger partial charge in [-0.25, -0.2) is 9.97 Å². The maximum absolute atomic E-state index is 12.7. The molecule has 0 unspecified atom stereocenters. The van der Waals surface area contributed by atoms with E-state index in [0.717, 1.165) is 53.5 Å². The van der Waals surface area contributed by atoms with Crippen molar-refractivity contribution in [2.45, 2.75) is 19.8 Å². The minimum atomic E-state index is 0.0664. The Morgan fingerprint density at radius 2 is 2.18 bits per heavy atom. The number of pyridine rings is 2. The van der Waals surface area contributed by atoms with Crippen LogP contribution in [0.2, 0.25) is 0 Å². The summed E-state index contributed by atoms with van der Waals surface area (Å²) in [5, 5.41) is 8.07. The number of nitrogen functional groups attached to an aromatic ring is 1. The van der Waals surface area contributed by atoms with E-state index in [1.54, 1.807) is 6.20 Å². The molecule has 2 atom stereocenters. The molecular formula is C22H23N5O. The summed E-state index contributed by atoms with van der Waals surface area (Å²) in [6.07, 6.45) is 3.74. The number of amides is 1. The summed E-state index contributed by atoms with van der Waals surface area (Å²) >= 11 is 0. The predicted molar refractivity (Wildman–Crippen MR) is 111 cm³/mol. The molecule has 5 rings (SSSR count). The molecule has 2 aromatic heterocycles. The van der Waals surface area contributed by atoms with Crippen LogP contribution >= 0.6 is 0 Å². The van der Waals surface area contributed by atoms with E-state index in [9.17, 15) is 4.79 Å². The quantitative estimate of drug-likeness (QED) is 0.656. The van der Waals surface area contributed by atoms with Crippen LogP contribution in [-0.4, -0.2) is 29.0 Å². The molecule has 1 aliphatic heterocycles. The van der Waals surface area contributed by atoms with Crippen LogP contribution in [0, 0.1) is 18.3 Å². The number of anilines is 2. The number of rotatable bonds is 3. The van der Waals surface area contributed by atoms with Gasteiger partial charge in [-0.15, -0.1) is 0 Å². The molecule has 1 amide bonds.